The second-order valence-electron chi connectivity index (χ2n) is 6.50. The average molecular weight is 356 g/mol. The van der Waals surface area contributed by atoms with E-state index in [0.29, 0.717) is 19.1 Å². The number of fused-ring (bicyclic) bond motifs is 1. The van der Waals surface area contributed by atoms with E-state index in [9.17, 15) is 4.39 Å². The summed E-state index contributed by atoms with van der Waals surface area (Å²) < 4.78 is 18.6. The number of nitrogens with two attached hydrogens (primary N) is 1. The molecule has 0 saturated carbocycles. The number of benzene rings is 2. The molecule has 1 aliphatic heterocycles. The van der Waals surface area contributed by atoms with E-state index in [0.717, 1.165) is 36.4 Å². The van der Waals surface area contributed by atoms with Gasteiger partial charge >= 0.3 is 0 Å². The minimum Gasteiger partial charge on any atom is -0.493 e. The largest absolute Gasteiger partial charge is 0.493 e. The molecule has 0 bridgehead atoms. The molecule has 0 saturated heterocycles. The summed E-state index contributed by atoms with van der Waals surface area (Å²) in [4.78, 5) is 6.56. The highest BCUT2D eigenvalue weighted by Crippen LogP contribution is 2.31. The monoisotopic (exact) mass is 356 g/mol. The summed E-state index contributed by atoms with van der Waals surface area (Å²) in [5.41, 5.74) is 8.24. The van der Waals surface area contributed by atoms with Crippen LogP contribution in [0.5, 0.6) is 5.75 Å². The van der Waals surface area contributed by atoms with Gasteiger partial charge in [-0.2, -0.15) is 0 Å². The second-order valence-corrected chi connectivity index (χ2v) is 6.50. The van der Waals surface area contributed by atoms with Gasteiger partial charge < -0.3 is 20.7 Å². The number of aliphatic imine (C=N–C) groups is 1. The first-order valence-electron chi connectivity index (χ1n) is 8.83. The Morgan fingerprint density at radius 3 is 2.85 bits per heavy atom. The van der Waals surface area contributed by atoms with E-state index in [-0.39, 0.29) is 11.9 Å². The predicted molar refractivity (Wildman–Crippen MR) is 102 cm³/mol. The smallest absolute Gasteiger partial charge is 0.189 e. The molecule has 0 spiro atoms. The van der Waals surface area contributed by atoms with Crippen LogP contribution in [0.1, 0.15) is 23.6 Å². The Morgan fingerprint density at radius 2 is 2.04 bits per heavy atom. The van der Waals surface area contributed by atoms with Crippen LogP contribution in [0, 0.1) is 5.82 Å². The molecular formula is C20H25FN4O. The summed E-state index contributed by atoms with van der Waals surface area (Å²) >= 11 is 0. The van der Waals surface area contributed by atoms with Gasteiger partial charge in [-0.3, -0.25) is 4.99 Å². The molecule has 1 heterocycles. The van der Waals surface area contributed by atoms with Gasteiger partial charge in [0.1, 0.15) is 11.6 Å². The molecule has 2 aromatic rings. The molecule has 0 aromatic heterocycles. The number of guanidine groups is 1. The fourth-order valence-electron chi connectivity index (χ4n) is 3.04. The molecule has 0 radical (unpaired) electrons. The summed E-state index contributed by atoms with van der Waals surface area (Å²) in [6.07, 6.45) is 0.859. The normalized spacial score (nSPS) is 16.9. The van der Waals surface area contributed by atoms with Gasteiger partial charge in [0.05, 0.1) is 19.2 Å². The van der Waals surface area contributed by atoms with Crippen molar-refractivity contribution in [3.05, 3.63) is 65.5 Å². The summed E-state index contributed by atoms with van der Waals surface area (Å²) in [7, 11) is 2.01. The first-order valence-corrected chi connectivity index (χ1v) is 8.83. The number of hydrogen-bond acceptors (Lipinski definition) is 3. The number of ether oxygens (including phenoxy) is 1. The van der Waals surface area contributed by atoms with Gasteiger partial charge in [0.25, 0.3) is 0 Å². The number of rotatable bonds is 6. The maximum absolute atomic E-state index is 12.9. The van der Waals surface area contributed by atoms with E-state index in [1.165, 1.54) is 12.1 Å². The van der Waals surface area contributed by atoms with Crippen molar-refractivity contribution in [1.29, 1.82) is 0 Å². The third-order valence-electron chi connectivity index (χ3n) is 4.41. The Bertz CT molecular complexity index is 748. The zero-order valence-corrected chi connectivity index (χ0v) is 15.0. The Kier molecular flexibility index (Phi) is 6.07. The second kappa shape index (κ2) is 8.67. The van der Waals surface area contributed by atoms with Crippen LogP contribution in [-0.2, 0) is 6.54 Å². The summed E-state index contributed by atoms with van der Waals surface area (Å²) in [6, 6.07) is 14.7. The van der Waals surface area contributed by atoms with Crippen LogP contribution in [0.25, 0.3) is 0 Å². The van der Waals surface area contributed by atoms with Crippen molar-refractivity contribution in [2.75, 3.05) is 26.7 Å². The summed E-state index contributed by atoms with van der Waals surface area (Å²) in [6.45, 7) is 2.78. The SMILES string of the molecule is CN(CCN=C(N)NC1CCOc2ccccc21)Cc1ccc(F)cc1. The van der Waals surface area contributed by atoms with Crippen molar-refractivity contribution < 1.29 is 9.13 Å². The third kappa shape index (κ3) is 4.95. The maximum atomic E-state index is 12.9. The van der Waals surface area contributed by atoms with Gasteiger partial charge in [0, 0.05) is 25.1 Å². The zero-order valence-electron chi connectivity index (χ0n) is 15.0. The van der Waals surface area contributed by atoms with Crippen molar-refractivity contribution in [3.8, 4) is 5.75 Å². The lowest BCUT2D eigenvalue weighted by Crippen LogP contribution is -2.37. The van der Waals surface area contributed by atoms with E-state index in [2.05, 4.69) is 21.3 Å². The van der Waals surface area contributed by atoms with Crippen LogP contribution < -0.4 is 15.8 Å². The molecule has 1 atom stereocenters. The van der Waals surface area contributed by atoms with Crippen LogP contribution in [0.15, 0.2) is 53.5 Å². The maximum Gasteiger partial charge on any atom is 0.189 e. The van der Waals surface area contributed by atoms with E-state index in [4.69, 9.17) is 10.5 Å². The van der Waals surface area contributed by atoms with E-state index in [1.807, 2.05) is 25.2 Å². The lowest BCUT2D eigenvalue weighted by Gasteiger charge is -2.27. The molecular weight excluding hydrogens is 331 g/mol. The number of nitrogens with one attached hydrogen (secondary N) is 1. The van der Waals surface area contributed by atoms with Crippen molar-refractivity contribution in [2.45, 2.75) is 19.0 Å². The standard InChI is InChI=1S/C20H25FN4O/c1-25(14-15-6-8-16(21)9-7-15)12-11-23-20(22)24-18-10-13-26-19-5-3-2-4-17(18)19/h2-9,18H,10-14H2,1H3,(H3,22,23,24). The molecule has 5 nitrogen and oxygen atoms in total. The van der Waals surface area contributed by atoms with Crippen molar-refractivity contribution in [3.63, 3.8) is 0 Å². The predicted octanol–water partition coefficient (Wildman–Crippen LogP) is 2.69. The van der Waals surface area contributed by atoms with E-state index < -0.39 is 0 Å². The van der Waals surface area contributed by atoms with Gasteiger partial charge in [-0.05, 0) is 30.8 Å². The lowest BCUT2D eigenvalue weighted by molar-refractivity contribution is 0.262. The minimum absolute atomic E-state index is 0.126. The van der Waals surface area contributed by atoms with Crippen LogP contribution in [-0.4, -0.2) is 37.6 Å². The molecule has 0 aliphatic carbocycles. The van der Waals surface area contributed by atoms with Crippen molar-refractivity contribution in [1.82, 2.24) is 10.2 Å². The number of nitrogens with zero attached hydrogens (tertiary/aromatic N) is 2. The highest BCUT2D eigenvalue weighted by atomic mass is 19.1. The Balaban J connectivity index is 1.47. The zero-order chi connectivity index (χ0) is 18.4. The van der Waals surface area contributed by atoms with E-state index >= 15 is 0 Å². The molecule has 1 aliphatic rings. The summed E-state index contributed by atoms with van der Waals surface area (Å²) in [5.74, 6) is 1.14. The molecule has 0 fully saturated rings. The molecule has 2 aromatic carbocycles. The fraction of sp³-hybridized carbons (Fsp3) is 0.350. The van der Waals surface area contributed by atoms with Gasteiger partial charge in [-0.25, -0.2) is 4.39 Å². The molecule has 0 amide bonds. The number of hydrogen-bond donors (Lipinski definition) is 2. The Morgan fingerprint density at radius 1 is 1.27 bits per heavy atom. The number of likely N-dealkylation sites (N-methyl/N-ethyl adjacent to an activating group) is 1. The van der Waals surface area contributed by atoms with Gasteiger partial charge in [0.2, 0.25) is 0 Å². The molecule has 138 valence electrons. The Hall–Kier alpha value is -2.60. The fourth-order valence-corrected chi connectivity index (χ4v) is 3.04. The third-order valence-corrected chi connectivity index (χ3v) is 4.41. The van der Waals surface area contributed by atoms with Crippen molar-refractivity contribution >= 4 is 5.96 Å². The molecule has 1 unspecified atom stereocenters. The van der Waals surface area contributed by atoms with Crippen LogP contribution in [0.3, 0.4) is 0 Å². The van der Waals surface area contributed by atoms with E-state index in [1.54, 1.807) is 12.1 Å². The number of halogens is 1. The minimum atomic E-state index is -0.213. The topological polar surface area (TPSA) is 62.9 Å². The first kappa shape index (κ1) is 18.2. The van der Waals surface area contributed by atoms with Crippen LogP contribution in [0.4, 0.5) is 4.39 Å². The molecule has 26 heavy (non-hydrogen) atoms. The highest BCUT2D eigenvalue weighted by molar-refractivity contribution is 5.78. The van der Waals surface area contributed by atoms with Gasteiger partial charge in [-0.15, -0.1) is 0 Å². The van der Waals surface area contributed by atoms with Crippen LogP contribution in [0.2, 0.25) is 0 Å². The summed E-state index contributed by atoms with van der Waals surface area (Å²) in [5, 5.41) is 3.29. The first-order chi connectivity index (χ1) is 12.6. The molecule has 3 N–H and O–H groups in total. The quantitative estimate of drug-likeness (QED) is 0.617. The van der Waals surface area contributed by atoms with Gasteiger partial charge in [-0.1, -0.05) is 30.3 Å². The Labute approximate surface area is 153 Å². The van der Waals surface area contributed by atoms with Crippen molar-refractivity contribution in [2.24, 2.45) is 10.7 Å². The number of para-hydroxylation sites is 1. The lowest BCUT2D eigenvalue weighted by atomic mass is 10.0. The van der Waals surface area contributed by atoms with Crippen LogP contribution >= 0.6 is 0 Å². The highest BCUT2D eigenvalue weighted by Gasteiger charge is 2.21. The molecule has 6 heteroatoms. The molecule has 3 rings (SSSR count). The average Bonchev–Trinajstić information content (AvgIpc) is 2.64. The van der Waals surface area contributed by atoms with Gasteiger partial charge in [0.15, 0.2) is 5.96 Å².